The van der Waals surface area contributed by atoms with Gasteiger partial charge in [0.15, 0.2) is 0 Å². The van der Waals surface area contributed by atoms with E-state index in [1.807, 2.05) is 32.9 Å². The summed E-state index contributed by atoms with van der Waals surface area (Å²) in [6, 6.07) is 4.46. The van der Waals surface area contributed by atoms with Crippen molar-refractivity contribution in [3.63, 3.8) is 0 Å². The Morgan fingerprint density at radius 2 is 1.48 bits per heavy atom. The molecule has 0 N–H and O–H groups in total. The average molecular weight is 367 g/mol. The molecule has 2 rings (SSSR count). The van der Waals surface area contributed by atoms with Crippen LogP contribution < -0.4 is 0 Å². The van der Waals surface area contributed by atoms with Crippen molar-refractivity contribution >= 4 is 10.0 Å². The van der Waals surface area contributed by atoms with Crippen molar-refractivity contribution in [2.24, 2.45) is 0 Å². The van der Waals surface area contributed by atoms with E-state index in [9.17, 15) is 8.42 Å². The highest BCUT2D eigenvalue weighted by molar-refractivity contribution is 7.89. The fraction of sp³-hybridized carbons (Fsp3) is 0.700. The van der Waals surface area contributed by atoms with E-state index in [4.69, 9.17) is 0 Å². The largest absolute Gasteiger partial charge is 0.300 e. The third-order valence-electron chi connectivity index (χ3n) is 5.16. The molecule has 0 saturated carbocycles. The van der Waals surface area contributed by atoms with E-state index in [-0.39, 0.29) is 0 Å². The Morgan fingerprint density at radius 1 is 1.00 bits per heavy atom. The van der Waals surface area contributed by atoms with Gasteiger partial charge in [-0.3, -0.25) is 0 Å². The standard InChI is InChI=1S/C20H34N2O2S/c1-6-10-21(11-7-2)19-8-12-22(13-9-19)25(23,24)20-17(4)14-16(3)15-18(20)5/h14-15,19H,6-13H2,1-5H3. The summed E-state index contributed by atoms with van der Waals surface area (Å²) in [7, 11) is -3.40. The molecule has 4 nitrogen and oxygen atoms in total. The second kappa shape index (κ2) is 8.65. The van der Waals surface area contributed by atoms with Gasteiger partial charge >= 0.3 is 0 Å². The van der Waals surface area contributed by atoms with Crippen LogP contribution in [0, 0.1) is 20.8 Å². The number of rotatable bonds is 7. The van der Waals surface area contributed by atoms with Gasteiger partial charge in [0.1, 0.15) is 0 Å². The summed E-state index contributed by atoms with van der Waals surface area (Å²) in [6.45, 7) is 13.7. The van der Waals surface area contributed by atoms with Gasteiger partial charge in [0.2, 0.25) is 10.0 Å². The lowest BCUT2D eigenvalue weighted by atomic mass is 10.0. The molecule has 142 valence electrons. The molecule has 25 heavy (non-hydrogen) atoms. The molecule has 0 aliphatic carbocycles. The van der Waals surface area contributed by atoms with Crippen LogP contribution in [-0.4, -0.2) is 49.8 Å². The first-order valence-electron chi connectivity index (χ1n) is 9.63. The fourth-order valence-corrected chi connectivity index (χ4v) is 6.08. The predicted molar refractivity (Wildman–Crippen MR) is 105 cm³/mol. The maximum absolute atomic E-state index is 13.2. The number of hydrogen-bond acceptors (Lipinski definition) is 3. The van der Waals surface area contributed by atoms with Gasteiger partial charge < -0.3 is 4.90 Å². The molecular formula is C20H34N2O2S. The lowest BCUT2D eigenvalue weighted by Gasteiger charge is -2.38. The normalized spacial score (nSPS) is 17.4. The summed E-state index contributed by atoms with van der Waals surface area (Å²) in [5, 5.41) is 0. The predicted octanol–water partition coefficient (Wildman–Crippen LogP) is 3.89. The number of benzene rings is 1. The number of piperidine rings is 1. The van der Waals surface area contributed by atoms with Gasteiger partial charge in [0, 0.05) is 19.1 Å². The van der Waals surface area contributed by atoms with Crippen molar-refractivity contribution in [3.05, 3.63) is 28.8 Å². The highest BCUT2D eigenvalue weighted by atomic mass is 32.2. The van der Waals surface area contributed by atoms with E-state index in [2.05, 4.69) is 18.7 Å². The fourth-order valence-electron chi connectivity index (χ4n) is 4.20. The SMILES string of the molecule is CCCN(CCC)C1CCN(S(=O)(=O)c2c(C)cc(C)cc2C)CC1. The van der Waals surface area contributed by atoms with E-state index < -0.39 is 10.0 Å². The molecule has 0 atom stereocenters. The molecule has 5 heteroatoms. The van der Waals surface area contributed by atoms with Crippen LogP contribution in [0.5, 0.6) is 0 Å². The lowest BCUT2D eigenvalue weighted by molar-refractivity contribution is 0.139. The van der Waals surface area contributed by atoms with E-state index in [0.717, 1.165) is 55.5 Å². The van der Waals surface area contributed by atoms with Crippen LogP contribution in [-0.2, 0) is 10.0 Å². The van der Waals surface area contributed by atoms with Crippen molar-refractivity contribution in [1.29, 1.82) is 0 Å². The van der Waals surface area contributed by atoms with E-state index in [1.165, 1.54) is 0 Å². The molecule has 1 fully saturated rings. The van der Waals surface area contributed by atoms with Gasteiger partial charge in [0.25, 0.3) is 0 Å². The zero-order valence-corrected chi connectivity index (χ0v) is 17.3. The Bertz CT molecular complexity index is 648. The molecule has 0 radical (unpaired) electrons. The number of sulfonamides is 1. The summed E-state index contributed by atoms with van der Waals surface area (Å²) in [5.74, 6) is 0. The van der Waals surface area contributed by atoms with Crippen molar-refractivity contribution in [3.8, 4) is 0 Å². The van der Waals surface area contributed by atoms with Gasteiger partial charge in [-0.15, -0.1) is 0 Å². The first-order chi connectivity index (χ1) is 11.8. The minimum atomic E-state index is -3.40. The Morgan fingerprint density at radius 3 is 1.92 bits per heavy atom. The second-order valence-electron chi connectivity index (χ2n) is 7.40. The van der Waals surface area contributed by atoms with Crippen LogP contribution in [0.25, 0.3) is 0 Å². The maximum atomic E-state index is 13.2. The highest BCUT2D eigenvalue weighted by Crippen LogP contribution is 2.28. The van der Waals surface area contributed by atoms with Crippen LogP contribution in [0.4, 0.5) is 0 Å². The second-order valence-corrected chi connectivity index (χ2v) is 9.27. The lowest BCUT2D eigenvalue weighted by Crippen LogP contribution is -2.47. The van der Waals surface area contributed by atoms with Crippen LogP contribution in [0.3, 0.4) is 0 Å². The number of aryl methyl sites for hydroxylation is 3. The van der Waals surface area contributed by atoms with Gasteiger partial charge in [0.05, 0.1) is 4.90 Å². The first-order valence-corrected chi connectivity index (χ1v) is 11.1. The molecule has 1 aliphatic heterocycles. The molecular weight excluding hydrogens is 332 g/mol. The molecule has 1 aromatic carbocycles. The summed E-state index contributed by atoms with van der Waals surface area (Å²) in [4.78, 5) is 3.06. The van der Waals surface area contributed by atoms with E-state index in [1.54, 1.807) is 4.31 Å². The van der Waals surface area contributed by atoms with Crippen molar-refractivity contribution < 1.29 is 8.42 Å². The zero-order valence-electron chi connectivity index (χ0n) is 16.5. The van der Waals surface area contributed by atoms with Gasteiger partial charge in [-0.05, 0) is 70.7 Å². The van der Waals surface area contributed by atoms with Crippen LogP contribution >= 0.6 is 0 Å². The topological polar surface area (TPSA) is 40.6 Å². The average Bonchev–Trinajstić information content (AvgIpc) is 2.53. The Labute approximate surface area is 154 Å². The first kappa shape index (κ1) is 20.4. The molecule has 1 saturated heterocycles. The summed E-state index contributed by atoms with van der Waals surface area (Å²) < 4.78 is 28.1. The monoisotopic (exact) mass is 366 g/mol. The van der Waals surface area contributed by atoms with Gasteiger partial charge in [-0.2, -0.15) is 4.31 Å². The summed E-state index contributed by atoms with van der Waals surface area (Å²) in [5.41, 5.74) is 2.83. The molecule has 0 spiro atoms. The third-order valence-corrected chi connectivity index (χ3v) is 7.37. The molecule has 0 unspecified atom stereocenters. The molecule has 1 aliphatic rings. The summed E-state index contributed by atoms with van der Waals surface area (Å²) in [6.07, 6.45) is 4.17. The van der Waals surface area contributed by atoms with Crippen molar-refractivity contribution in [1.82, 2.24) is 9.21 Å². The smallest absolute Gasteiger partial charge is 0.243 e. The molecule has 1 heterocycles. The van der Waals surface area contributed by atoms with Crippen molar-refractivity contribution in [2.75, 3.05) is 26.2 Å². The van der Waals surface area contributed by atoms with Gasteiger partial charge in [-0.1, -0.05) is 31.5 Å². The molecule has 1 aromatic rings. The molecule has 0 aromatic heterocycles. The van der Waals surface area contributed by atoms with Gasteiger partial charge in [-0.25, -0.2) is 8.42 Å². The van der Waals surface area contributed by atoms with Crippen molar-refractivity contribution in [2.45, 2.75) is 71.2 Å². The molecule has 0 bridgehead atoms. The Hall–Kier alpha value is -0.910. The quantitative estimate of drug-likeness (QED) is 0.735. The number of hydrogen-bond donors (Lipinski definition) is 0. The zero-order chi connectivity index (χ0) is 18.6. The van der Waals surface area contributed by atoms with E-state index >= 15 is 0 Å². The summed E-state index contributed by atoms with van der Waals surface area (Å²) >= 11 is 0. The number of nitrogens with zero attached hydrogens (tertiary/aromatic N) is 2. The molecule has 0 amide bonds. The van der Waals surface area contributed by atoms with Crippen LogP contribution in [0.1, 0.15) is 56.2 Å². The maximum Gasteiger partial charge on any atom is 0.243 e. The van der Waals surface area contributed by atoms with Crippen LogP contribution in [0.15, 0.2) is 17.0 Å². The van der Waals surface area contributed by atoms with E-state index in [0.29, 0.717) is 24.0 Å². The minimum Gasteiger partial charge on any atom is -0.300 e. The third kappa shape index (κ3) is 4.63. The Balaban J connectivity index is 2.14. The highest BCUT2D eigenvalue weighted by Gasteiger charge is 2.33. The Kier molecular flexibility index (Phi) is 7.06. The minimum absolute atomic E-state index is 0.510. The van der Waals surface area contributed by atoms with Crippen LogP contribution in [0.2, 0.25) is 0 Å².